The Kier molecular flexibility index (Phi) is 4.81. The fourth-order valence-electron chi connectivity index (χ4n) is 3.02. The van der Waals surface area contributed by atoms with Crippen LogP contribution in [0.2, 0.25) is 0 Å². The summed E-state index contributed by atoms with van der Waals surface area (Å²) in [5.41, 5.74) is 2.28. The number of hydrogen-bond donors (Lipinski definition) is 2. The van der Waals surface area contributed by atoms with E-state index in [0.29, 0.717) is 0 Å². The summed E-state index contributed by atoms with van der Waals surface area (Å²) >= 11 is 0. The van der Waals surface area contributed by atoms with E-state index >= 15 is 0 Å². The van der Waals surface area contributed by atoms with E-state index in [1.165, 1.54) is 5.56 Å². The fourth-order valence-corrected chi connectivity index (χ4v) is 3.02. The van der Waals surface area contributed by atoms with Crippen molar-refractivity contribution in [3.05, 3.63) is 29.8 Å². The third kappa shape index (κ3) is 3.60. The molecular weight excluding hydrogens is 248 g/mol. The molecule has 0 radical (unpaired) electrons. The van der Waals surface area contributed by atoms with Crippen LogP contribution in [0.5, 0.6) is 0 Å². The Hall–Kier alpha value is -1.35. The van der Waals surface area contributed by atoms with E-state index in [0.717, 1.165) is 38.0 Å². The van der Waals surface area contributed by atoms with Gasteiger partial charge in [-0.15, -0.1) is 0 Å². The minimum absolute atomic E-state index is 0.134. The lowest BCUT2D eigenvalue weighted by molar-refractivity contribution is -0.122. The van der Waals surface area contributed by atoms with Crippen molar-refractivity contribution in [3.63, 3.8) is 0 Å². The summed E-state index contributed by atoms with van der Waals surface area (Å²) < 4.78 is 0. The molecule has 1 amide bonds. The van der Waals surface area contributed by atoms with Gasteiger partial charge in [0, 0.05) is 18.2 Å². The van der Waals surface area contributed by atoms with Crippen LogP contribution in [0.4, 0.5) is 5.69 Å². The van der Waals surface area contributed by atoms with E-state index in [1.807, 2.05) is 12.1 Å². The molecular formula is C17H26N2O. The minimum Gasteiger partial charge on any atom is -0.326 e. The monoisotopic (exact) mass is 274 g/mol. The van der Waals surface area contributed by atoms with Crippen LogP contribution in [0.25, 0.3) is 0 Å². The third-order valence-corrected chi connectivity index (χ3v) is 4.37. The van der Waals surface area contributed by atoms with Crippen LogP contribution in [0.1, 0.15) is 45.6 Å². The first kappa shape index (κ1) is 15.0. The number of hydrogen-bond acceptors (Lipinski definition) is 2. The Morgan fingerprint density at radius 2 is 2.00 bits per heavy atom. The first-order valence-corrected chi connectivity index (χ1v) is 7.63. The average molecular weight is 274 g/mol. The maximum atomic E-state index is 12.4. The summed E-state index contributed by atoms with van der Waals surface area (Å²) in [5, 5.41) is 6.36. The molecule has 2 N–H and O–H groups in total. The van der Waals surface area contributed by atoms with Crippen molar-refractivity contribution in [3.8, 4) is 0 Å². The molecule has 3 nitrogen and oxygen atoms in total. The number of nitrogens with one attached hydrogen (secondary N) is 2. The SMILES string of the molecule is CCNCc1ccc(NC(=O)C2CCCC2(C)C)cc1. The van der Waals surface area contributed by atoms with Crippen molar-refractivity contribution >= 4 is 11.6 Å². The Balaban J connectivity index is 1.94. The summed E-state index contributed by atoms with van der Waals surface area (Å²) in [7, 11) is 0. The zero-order chi connectivity index (χ0) is 14.6. The van der Waals surface area contributed by atoms with Crippen LogP contribution in [0, 0.1) is 11.3 Å². The molecule has 2 rings (SSSR count). The molecule has 0 saturated heterocycles. The highest BCUT2D eigenvalue weighted by Gasteiger charge is 2.39. The standard InChI is InChI=1S/C17H26N2O/c1-4-18-12-13-7-9-14(10-8-13)19-16(20)15-6-5-11-17(15,2)3/h7-10,15,18H,4-6,11-12H2,1-3H3,(H,19,20). The fraction of sp³-hybridized carbons (Fsp3) is 0.588. The lowest BCUT2D eigenvalue weighted by Gasteiger charge is -2.25. The van der Waals surface area contributed by atoms with Gasteiger partial charge in [-0.1, -0.05) is 39.3 Å². The zero-order valence-electron chi connectivity index (χ0n) is 12.8. The van der Waals surface area contributed by atoms with Gasteiger partial charge in [-0.2, -0.15) is 0 Å². The van der Waals surface area contributed by atoms with Gasteiger partial charge < -0.3 is 10.6 Å². The number of anilines is 1. The molecule has 1 aromatic carbocycles. The molecule has 1 atom stereocenters. The smallest absolute Gasteiger partial charge is 0.228 e. The zero-order valence-corrected chi connectivity index (χ0v) is 12.8. The van der Waals surface area contributed by atoms with Crippen molar-refractivity contribution in [1.29, 1.82) is 0 Å². The molecule has 1 unspecified atom stereocenters. The lowest BCUT2D eigenvalue weighted by Crippen LogP contribution is -2.30. The van der Waals surface area contributed by atoms with Crippen LogP contribution < -0.4 is 10.6 Å². The summed E-state index contributed by atoms with van der Waals surface area (Å²) in [6, 6.07) is 8.12. The van der Waals surface area contributed by atoms with Crippen LogP contribution in [0.3, 0.4) is 0 Å². The maximum Gasteiger partial charge on any atom is 0.228 e. The molecule has 1 aliphatic rings. The van der Waals surface area contributed by atoms with Crippen LogP contribution in [-0.2, 0) is 11.3 Å². The second-order valence-corrected chi connectivity index (χ2v) is 6.40. The summed E-state index contributed by atoms with van der Waals surface area (Å²) in [6.45, 7) is 8.33. The van der Waals surface area contributed by atoms with E-state index in [-0.39, 0.29) is 17.2 Å². The number of amides is 1. The predicted molar refractivity (Wildman–Crippen MR) is 83.6 cm³/mol. The second kappa shape index (κ2) is 6.40. The topological polar surface area (TPSA) is 41.1 Å². The summed E-state index contributed by atoms with van der Waals surface area (Å²) in [5.74, 6) is 0.316. The quantitative estimate of drug-likeness (QED) is 0.862. The first-order chi connectivity index (χ1) is 9.53. The molecule has 0 bridgehead atoms. The summed E-state index contributed by atoms with van der Waals surface area (Å²) in [6.07, 6.45) is 3.32. The van der Waals surface area contributed by atoms with Gasteiger partial charge in [0.2, 0.25) is 5.91 Å². The van der Waals surface area contributed by atoms with Crippen LogP contribution >= 0.6 is 0 Å². The molecule has 1 saturated carbocycles. The van der Waals surface area contributed by atoms with Crippen LogP contribution in [0.15, 0.2) is 24.3 Å². The average Bonchev–Trinajstić information content (AvgIpc) is 2.77. The van der Waals surface area contributed by atoms with Gasteiger partial charge in [0.25, 0.3) is 0 Å². The molecule has 0 heterocycles. The van der Waals surface area contributed by atoms with Crippen molar-refractivity contribution in [2.45, 2.75) is 46.6 Å². The molecule has 0 aromatic heterocycles. The molecule has 1 aromatic rings. The van der Waals surface area contributed by atoms with E-state index in [1.54, 1.807) is 0 Å². The second-order valence-electron chi connectivity index (χ2n) is 6.40. The lowest BCUT2D eigenvalue weighted by atomic mass is 9.81. The van der Waals surface area contributed by atoms with Crippen molar-refractivity contribution < 1.29 is 4.79 Å². The Morgan fingerprint density at radius 3 is 2.55 bits per heavy atom. The molecule has 0 spiro atoms. The number of rotatable bonds is 5. The van der Waals surface area contributed by atoms with Gasteiger partial charge >= 0.3 is 0 Å². The Labute approximate surface area is 122 Å². The van der Waals surface area contributed by atoms with Crippen molar-refractivity contribution in [2.75, 3.05) is 11.9 Å². The normalized spacial score (nSPS) is 20.9. The predicted octanol–water partition coefficient (Wildman–Crippen LogP) is 3.56. The van der Waals surface area contributed by atoms with E-state index in [9.17, 15) is 4.79 Å². The maximum absolute atomic E-state index is 12.4. The van der Waals surface area contributed by atoms with Crippen LogP contribution in [-0.4, -0.2) is 12.5 Å². The van der Waals surface area contributed by atoms with E-state index in [2.05, 4.69) is 43.5 Å². The van der Waals surface area contributed by atoms with Gasteiger partial charge in [0.15, 0.2) is 0 Å². The van der Waals surface area contributed by atoms with Gasteiger partial charge in [0.1, 0.15) is 0 Å². The molecule has 3 heteroatoms. The highest BCUT2D eigenvalue weighted by Crippen LogP contribution is 2.42. The Bertz CT molecular complexity index is 451. The van der Waals surface area contributed by atoms with Gasteiger partial charge in [-0.25, -0.2) is 0 Å². The molecule has 1 fully saturated rings. The summed E-state index contributed by atoms with van der Waals surface area (Å²) in [4.78, 5) is 12.4. The van der Waals surface area contributed by atoms with Crippen molar-refractivity contribution in [2.24, 2.45) is 11.3 Å². The Morgan fingerprint density at radius 1 is 1.30 bits per heavy atom. The largest absolute Gasteiger partial charge is 0.326 e. The van der Waals surface area contributed by atoms with E-state index < -0.39 is 0 Å². The number of carbonyl (C=O) groups is 1. The molecule has 20 heavy (non-hydrogen) atoms. The van der Waals surface area contributed by atoms with Gasteiger partial charge in [0.05, 0.1) is 0 Å². The minimum atomic E-state index is 0.134. The third-order valence-electron chi connectivity index (χ3n) is 4.37. The molecule has 1 aliphatic carbocycles. The van der Waals surface area contributed by atoms with Gasteiger partial charge in [-0.3, -0.25) is 4.79 Å². The first-order valence-electron chi connectivity index (χ1n) is 7.63. The highest BCUT2D eigenvalue weighted by molar-refractivity contribution is 5.93. The molecule has 110 valence electrons. The number of benzene rings is 1. The molecule has 0 aliphatic heterocycles. The van der Waals surface area contributed by atoms with E-state index in [4.69, 9.17) is 0 Å². The number of carbonyl (C=O) groups excluding carboxylic acids is 1. The highest BCUT2D eigenvalue weighted by atomic mass is 16.1. The van der Waals surface area contributed by atoms with Crippen molar-refractivity contribution in [1.82, 2.24) is 5.32 Å². The van der Waals surface area contributed by atoms with Gasteiger partial charge in [-0.05, 0) is 42.5 Å².